The Balaban J connectivity index is 2.28. The quantitative estimate of drug-likeness (QED) is 0.856. The summed E-state index contributed by atoms with van der Waals surface area (Å²) in [6, 6.07) is 0. The van der Waals surface area contributed by atoms with Crippen molar-refractivity contribution in [3.8, 4) is 5.75 Å². The highest BCUT2D eigenvalue weighted by Crippen LogP contribution is 2.31. The van der Waals surface area contributed by atoms with Gasteiger partial charge in [-0.05, 0) is 14.1 Å². The second-order valence-electron chi connectivity index (χ2n) is 4.43. The molecule has 2 heterocycles. The molecule has 2 rings (SSSR count). The maximum Gasteiger partial charge on any atom is 0.163 e. The zero-order valence-electron chi connectivity index (χ0n) is 11.3. The van der Waals surface area contributed by atoms with Gasteiger partial charge in [0.15, 0.2) is 5.75 Å². The van der Waals surface area contributed by atoms with E-state index in [0.29, 0.717) is 18.0 Å². The summed E-state index contributed by atoms with van der Waals surface area (Å²) < 4.78 is 7.06. The summed E-state index contributed by atoms with van der Waals surface area (Å²) in [6.07, 6.45) is 2.54. The molecule has 0 fully saturated rings. The Morgan fingerprint density at radius 2 is 2.26 bits per heavy atom. The minimum absolute atomic E-state index is 0.597. The predicted octanol–water partition coefficient (Wildman–Crippen LogP) is 0.991. The van der Waals surface area contributed by atoms with E-state index >= 15 is 0 Å². The van der Waals surface area contributed by atoms with E-state index in [4.69, 9.17) is 4.74 Å². The molecule has 104 valence electrons. The number of hydrogen-bond donors (Lipinski definition) is 1. The standard InChI is InChI=1S/C12H18N4O2S/c1-15(2)4-5-16-11(9(18-3)6-14-16)12(17)10-7-13-8-19-10/h6-8,12,17H,4-5H2,1-3H3. The summed E-state index contributed by atoms with van der Waals surface area (Å²) in [7, 11) is 5.58. The van der Waals surface area contributed by atoms with Gasteiger partial charge in [0, 0.05) is 12.7 Å². The molecule has 2 aromatic rings. The molecule has 0 amide bonds. The second-order valence-corrected chi connectivity index (χ2v) is 5.35. The van der Waals surface area contributed by atoms with E-state index in [2.05, 4.69) is 15.0 Å². The summed E-state index contributed by atoms with van der Waals surface area (Å²) in [6.45, 7) is 1.54. The van der Waals surface area contributed by atoms with E-state index in [1.807, 2.05) is 14.1 Å². The van der Waals surface area contributed by atoms with Crippen molar-refractivity contribution >= 4 is 11.3 Å². The molecular formula is C12H18N4O2S. The number of aliphatic hydroxyl groups excluding tert-OH is 1. The Morgan fingerprint density at radius 3 is 2.84 bits per heavy atom. The van der Waals surface area contributed by atoms with Crippen LogP contribution >= 0.6 is 11.3 Å². The molecule has 1 N–H and O–H groups in total. The van der Waals surface area contributed by atoms with Crippen molar-refractivity contribution in [3.05, 3.63) is 28.5 Å². The molecule has 0 aliphatic rings. The summed E-state index contributed by atoms with van der Waals surface area (Å²) in [4.78, 5) is 6.84. The second kappa shape index (κ2) is 6.14. The van der Waals surface area contributed by atoms with Crippen LogP contribution in [-0.2, 0) is 6.54 Å². The monoisotopic (exact) mass is 282 g/mol. The Hall–Kier alpha value is -1.44. The molecule has 7 heteroatoms. The lowest BCUT2D eigenvalue weighted by molar-refractivity contribution is 0.203. The fourth-order valence-corrected chi connectivity index (χ4v) is 2.38. The highest BCUT2D eigenvalue weighted by molar-refractivity contribution is 7.09. The number of methoxy groups -OCH3 is 1. The number of aromatic nitrogens is 3. The fourth-order valence-electron chi connectivity index (χ4n) is 1.78. The number of thiazole rings is 1. The average molecular weight is 282 g/mol. The molecule has 0 saturated heterocycles. The molecule has 1 atom stereocenters. The number of ether oxygens (including phenoxy) is 1. The number of hydrogen-bond acceptors (Lipinski definition) is 6. The van der Waals surface area contributed by atoms with E-state index in [9.17, 15) is 5.11 Å². The smallest absolute Gasteiger partial charge is 0.163 e. The van der Waals surface area contributed by atoms with Gasteiger partial charge in [-0.15, -0.1) is 11.3 Å². The Labute approximate surface area is 116 Å². The molecule has 0 aliphatic heterocycles. The van der Waals surface area contributed by atoms with Crippen LogP contribution in [-0.4, -0.2) is 52.5 Å². The number of nitrogens with zero attached hydrogens (tertiary/aromatic N) is 4. The molecule has 1 unspecified atom stereocenters. The average Bonchev–Trinajstić information content (AvgIpc) is 3.04. The first kappa shape index (κ1) is 14.0. The maximum atomic E-state index is 10.4. The van der Waals surface area contributed by atoms with Gasteiger partial charge in [0.2, 0.25) is 0 Å². The fraction of sp³-hybridized carbons (Fsp3) is 0.500. The van der Waals surface area contributed by atoms with Crippen molar-refractivity contribution in [3.63, 3.8) is 0 Å². The van der Waals surface area contributed by atoms with Crippen LogP contribution in [0.25, 0.3) is 0 Å². The first-order valence-electron chi connectivity index (χ1n) is 5.94. The number of aliphatic hydroxyl groups is 1. The van der Waals surface area contributed by atoms with Crippen molar-refractivity contribution in [1.82, 2.24) is 19.7 Å². The molecule has 0 saturated carbocycles. The summed E-state index contributed by atoms with van der Waals surface area (Å²) >= 11 is 1.41. The van der Waals surface area contributed by atoms with Gasteiger partial charge in [-0.1, -0.05) is 0 Å². The maximum absolute atomic E-state index is 10.4. The van der Waals surface area contributed by atoms with Gasteiger partial charge in [0.25, 0.3) is 0 Å². The summed E-state index contributed by atoms with van der Waals surface area (Å²) in [5.41, 5.74) is 2.37. The highest BCUT2D eigenvalue weighted by Gasteiger charge is 2.22. The number of likely N-dealkylation sites (N-methyl/N-ethyl adjacent to an activating group) is 1. The predicted molar refractivity (Wildman–Crippen MR) is 73.5 cm³/mol. The van der Waals surface area contributed by atoms with Crippen LogP contribution in [0.15, 0.2) is 17.9 Å². The van der Waals surface area contributed by atoms with Crippen LogP contribution in [0.3, 0.4) is 0 Å². The Kier molecular flexibility index (Phi) is 4.52. The zero-order valence-corrected chi connectivity index (χ0v) is 12.1. The van der Waals surface area contributed by atoms with Gasteiger partial charge in [-0.3, -0.25) is 9.67 Å². The van der Waals surface area contributed by atoms with Crippen LogP contribution < -0.4 is 4.74 Å². The van der Waals surface area contributed by atoms with E-state index in [0.717, 1.165) is 11.4 Å². The molecule has 19 heavy (non-hydrogen) atoms. The molecule has 0 aliphatic carbocycles. The Morgan fingerprint density at radius 1 is 1.47 bits per heavy atom. The van der Waals surface area contributed by atoms with Gasteiger partial charge < -0.3 is 14.7 Å². The minimum atomic E-state index is -0.757. The Bertz CT molecular complexity index is 510. The van der Waals surface area contributed by atoms with E-state index in [1.54, 1.807) is 29.7 Å². The zero-order chi connectivity index (χ0) is 13.8. The minimum Gasteiger partial charge on any atom is -0.493 e. The summed E-state index contributed by atoms with van der Waals surface area (Å²) in [5.74, 6) is 0.597. The molecule has 0 spiro atoms. The van der Waals surface area contributed by atoms with Crippen molar-refractivity contribution in [2.24, 2.45) is 0 Å². The lowest BCUT2D eigenvalue weighted by Gasteiger charge is -2.15. The lowest BCUT2D eigenvalue weighted by atomic mass is 10.2. The van der Waals surface area contributed by atoms with Crippen LogP contribution in [0.5, 0.6) is 5.75 Å². The van der Waals surface area contributed by atoms with E-state index in [-0.39, 0.29) is 0 Å². The van der Waals surface area contributed by atoms with E-state index < -0.39 is 6.10 Å². The molecule has 6 nitrogen and oxygen atoms in total. The van der Waals surface area contributed by atoms with Crippen LogP contribution in [0.4, 0.5) is 0 Å². The van der Waals surface area contributed by atoms with Gasteiger partial charge in [-0.25, -0.2) is 0 Å². The third-order valence-electron chi connectivity index (χ3n) is 2.80. The third kappa shape index (κ3) is 3.12. The van der Waals surface area contributed by atoms with Gasteiger partial charge >= 0.3 is 0 Å². The molecule has 0 bridgehead atoms. The normalized spacial score (nSPS) is 12.9. The van der Waals surface area contributed by atoms with Crippen LogP contribution in [0.1, 0.15) is 16.7 Å². The van der Waals surface area contributed by atoms with Crippen LogP contribution in [0.2, 0.25) is 0 Å². The van der Waals surface area contributed by atoms with Crippen molar-refractivity contribution in [1.29, 1.82) is 0 Å². The molecule has 2 aromatic heterocycles. The highest BCUT2D eigenvalue weighted by atomic mass is 32.1. The molecular weight excluding hydrogens is 264 g/mol. The SMILES string of the molecule is COc1cnn(CCN(C)C)c1C(O)c1cncs1. The lowest BCUT2D eigenvalue weighted by Crippen LogP contribution is -2.21. The van der Waals surface area contributed by atoms with Crippen molar-refractivity contribution < 1.29 is 9.84 Å². The van der Waals surface area contributed by atoms with Crippen LogP contribution in [0, 0.1) is 0 Å². The summed E-state index contributed by atoms with van der Waals surface area (Å²) in [5, 5.41) is 14.7. The molecule has 0 radical (unpaired) electrons. The van der Waals surface area contributed by atoms with Gasteiger partial charge in [0.05, 0.1) is 30.2 Å². The van der Waals surface area contributed by atoms with E-state index in [1.165, 1.54) is 11.3 Å². The first-order valence-corrected chi connectivity index (χ1v) is 6.82. The number of rotatable bonds is 6. The van der Waals surface area contributed by atoms with Crippen molar-refractivity contribution in [2.75, 3.05) is 27.7 Å². The third-order valence-corrected chi connectivity index (χ3v) is 3.63. The van der Waals surface area contributed by atoms with Crippen molar-refractivity contribution in [2.45, 2.75) is 12.6 Å². The van der Waals surface area contributed by atoms with Gasteiger partial charge in [0.1, 0.15) is 11.8 Å². The topological polar surface area (TPSA) is 63.4 Å². The van der Waals surface area contributed by atoms with Gasteiger partial charge in [-0.2, -0.15) is 5.10 Å². The first-order chi connectivity index (χ1) is 9.13. The molecule has 0 aromatic carbocycles. The largest absolute Gasteiger partial charge is 0.493 e.